The lowest BCUT2D eigenvalue weighted by Crippen LogP contribution is -2.34. The van der Waals surface area contributed by atoms with Gasteiger partial charge in [-0.05, 0) is 48.5 Å². The van der Waals surface area contributed by atoms with Crippen molar-refractivity contribution in [2.75, 3.05) is 14.2 Å². The van der Waals surface area contributed by atoms with E-state index >= 15 is 0 Å². The molecule has 0 spiro atoms. The van der Waals surface area contributed by atoms with Crippen LogP contribution in [-0.4, -0.2) is 43.4 Å². The highest BCUT2D eigenvalue weighted by molar-refractivity contribution is 5.89. The number of carbonyl (C=O) groups excluding carboxylic acids is 2. The molecule has 27 heavy (non-hydrogen) atoms. The molecule has 0 bridgehead atoms. The number of carbonyl (C=O) groups is 2. The second kappa shape index (κ2) is 9.06. The van der Waals surface area contributed by atoms with E-state index in [9.17, 15) is 14.7 Å². The normalized spacial score (nSPS) is 33.7. The fourth-order valence-electron chi connectivity index (χ4n) is 3.81. The number of methoxy groups -OCH3 is 2. The Morgan fingerprint density at radius 3 is 2.19 bits per heavy atom. The number of aliphatic hydroxyl groups excluding tert-OH is 1. The van der Waals surface area contributed by atoms with Gasteiger partial charge in [0, 0.05) is 16.1 Å². The van der Waals surface area contributed by atoms with Gasteiger partial charge in [-0.2, -0.15) is 0 Å². The molecule has 8 nitrogen and oxygen atoms in total. The van der Waals surface area contributed by atoms with Crippen LogP contribution < -0.4 is 0 Å². The Balaban J connectivity index is 0.000000198. The topological polar surface area (TPSA) is 122 Å². The average Bonchev–Trinajstić information content (AvgIpc) is 3.45. The SMILES string of the molecule is COC(=O)C1=C[C@@H]2C[C@@H]2[C@H](C)C1.COC(=O)C1=C[C@H](N=[N+]=[N-])[C@@H](O)[C@H](C)C1. The van der Waals surface area contributed by atoms with E-state index in [1.165, 1.54) is 26.7 Å². The summed E-state index contributed by atoms with van der Waals surface area (Å²) in [6.07, 6.45) is 5.46. The maximum Gasteiger partial charge on any atom is 0.333 e. The zero-order valence-electron chi connectivity index (χ0n) is 16.2. The van der Waals surface area contributed by atoms with Gasteiger partial charge in [0.05, 0.1) is 26.4 Å². The molecule has 148 valence electrons. The summed E-state index contributed by atoms with van der Waals surface area (Å²) in [7, 11) is 2.74. The molecule has 0 amide bonds. The highest BCUT2D eigenvalue weighted by atomic mass is 16.5. The lowest BCUT2D eigenvalue weighted by atomic mass is 9.85. The van der Waals surface area contributed by atoms with Crippen LogP contribution in [0.3, 0.4) is 0 Å². The first-order valence-electron chi connectivity index (χ1n) is 9.12. The van der Waals surface area contributed by atoms with Gasteiger partial charge in [-0.1, -0.05) is 31.1 Å². The van der Waals surface area contributed by atoms with E-state index in [0.29, 0.717) is 23.8 Å². The fraction of sp³-hybridized carbons (Fsp3) is 0.684. The standard InChI is InChI=1S/C10H14O2.C9H13N3O3/c1-6-3-8(10(11)12-2)4-7-5-9(6)7;1-5-3-6(9(14)15-2)4-7(8(5)13)11-12-10/h4,6-7,9H,3,5H2,1-2H3;4-5,7-8,13H,3H2,1-2H3/t6-,7-,9-;5-,7+,8+/m11/s1. The van der Waals surface area contributed by atoms with Crippen LogP contribution in [0.15, 0.2) is 28.4 Å². The third-order valence-electron chi connectivity index (χ3n) is 5.51. The quantitative estimate of drug-likeness (QED) is 0.351. The van der Waals surface area contributed by atoms with Crippen molar-refractivity contribution in [3.05, 3.63) is 33.7 Å². The zero-order chi connectivity index (χ0) is 20.1. The summed E-state index contributed by atoms with van der Waals surface area (Å²) in [4.78, 5) is 25.1. The van der Waals surface area contributed by atoms with Gasteiger partial charge in [-0.3, -0.25) is 0 Å². The molecule has 1 fully saturated rings. The number of azide groups is 1. The molecule has 0 aromatic rings. The van der Waals surface area contributed by atoms with Crippen molar-refractivity contribution >= 4 is 11.9 Å². The minimum absolute atomic E-state index is 0.125. The van der Waals surface area contributed by atoms with E-state index in [-0.39, 0.29) is 11.9 Å². The van der Waals surface area contributed by atoms with Gasteiger partial charge >= 0.3 is 11.9 Å². The maximum absolute atomic E-state index is 11.3. The van der Waals surface area contributed by atoms with Gasteiger partial charge < -0.3 is 14.6 Å². The predicted octanol–water partition coefficient (Wildman–Crippen LogP) is 2.93. The van der Waals surface area contributed by atoms with Crippen molar-refractivity contribution in [3.8, 4) is 0 Å². The number of aliphatic hydroxyl groups is 1. The Morgan fingerprint density at radius 1 is 1.11 bits per heavy atom. The molecule has 0 saturated heterocycles. The van der Waals surface area contributed by atoms with Crippen LogP contribution in [0.5, 0.6) is 0 Å². The molecular formula is C19H27N3O5. The van der Waals surface area contributed by atoms with Crippen LogP contribution in [0.25, 0.3) is 10.4 Å². The summed E-state index contributed by atoms with van der Waals surface area (Å²) < 4.78 is 9.27. The summed E-state index contributed by atoms with van der Waals surface area (Å²) in [6.45, 7) is 4.01. The molecule has 0 heterocycles. The Hall–Kier alpha value is -2.31. The molecule has 3 aliphatic carbocycles. The largest absolute Gasteiger partial charge is 0.466 e. The average molecular weight is 377 g/mol. The van der Waals surface area contributed by atoms with E-state index < -0.39 is 18.1 Å². The number of hydrogen-bond donors (Lipinski definition) is 1. The number of hydrogen-bond acceptors (Lipinski definition) is 6. The van der Waals surface area contributed by atoms with Gasteiger partial charge in [0.15, 0.2) is 0 Å². The first-order valence-corrected chi connectivity index (χ1v) is 9.12. The van der Waals surface area contributed by atoms with Gasteiger partial charge in [0.25, 0.3) is 0 Å². The van der Waals surface area contributed by atoms with Gasteiger partial charge in [0.2, 0.25) is 0 Å². The van der Waals surface area contributed by atoms with Crippen molar-refractivity contribution < 1.29 is 24.2 Å². The summed E-state index contributed by atoms with van der Waals surface area (Å²) in [5.74, 6) is 1.52. The fourth-order valence-corrected chi connectivity index (χ4v) is 3.81. The molecule has 1 saturated carbocycles. The number of allylic oxidation sites excluding steroid dienone is 1. The molecule has 3 aliphatic rings. The number of rotatable bonds is 3. The van der Waals surface area contributed by atoms with Gasteiger partial charge in [-0.15, -0.1) is 0 Å². The molecule has 0 unspecified atom stereocenters. The molecular weight excluding hydrogens is 350 g/mol. The summed E-state index contributed by atoms with van der Waals surface area (Å²) >= 11 is 0. The van der Waals surface area contributed by atoms with E-state index in [1.54, 1.807) is 6.92 Å². The highest BCUT2D eigenvalue weighted by Gasteiger charge is 2.43. The van der Waals surface area contributed by atoms with Crippen molar-refractivity contribution in [1.29, 1.82) is 0 Å². The maximum atomic E-state index is 11.3. The lowest BCUT2D eigenvalue weighted by Gasteiger charge is -2.28. The second-order valence-corrected chi connectivity index (χ2v) is 7.48. The Labute approximate surface area is 158 Å². The molecule has 3 rings (SSSR count). The highest BCUT2D eigenvalue weighted by Crippen LogP contribution is 2.51. The first-order chi connectivity index (χ1) is 12.8. The van der Waals surface area contributed by atoms with E-state index in [1.807, 2.05) is 0 Å². The van der Waals surface area contributed by atoms with Crippen molar-refractivity contribution in [3.63, 3.8) is 0 Å². The van der Waals surface area contributed by atoms with E-state index in [2.05, 4.69) is 27.8 Å². The Morgan fingerprint density at radius 2 is 1.67 bits per heavy atom. The third kappa shape index (κ3) is 5.11. The molecule has 0 radical (unpaired) electrons. The van der Waals surface area contributed by atoms with Crippen LogP contribution in [0.2, 0.25) is 0 Å². The summed E-state index contributed by atoms with van der Waals surface area (Å²) in [5.41, 5.74) is 9.65. The number of esters is 2. The predicted molar refractivity (Wildman–Crippen MR) is 98.3 cm³/mol. The van der Waals surface area contributed by atoms with Crippen LogP contribution in [0.4, 0.5) is 0 Å². The van der Waals surface area contributed by atoms with E-state index in [0.717, 1.165) is 17.9 Å². The van der Waals surface area contributed by atoms with Crippen LogP contribution in [0, 0.1) is 23.7 Å². The molecule has 0 aromatic heterocycles. The number of ether oxygens (including phenoxy) is 2. The monoisotopic (exact) mass is 377 g/mol. The molecule has 8 heteroatoms. The lowest BCUT2D eigenvalue weighted by molar-refractivity contribution is -0.137. The van der Waals surface area contributed by atoms with Crippen molar-refractivity contribution in [2.24, 2.45) is 28.8 Å². The Kier molecular flexibility index (Phi) is 7.05. The van der Waals surface area contributed by atoms with E-state index in [4.69, 9.17) is 10.3 Å². The second-order valence-electron chi connectivity index (χ2n) is 7.48. The minimum atomic E-state index is -0.741. The molecule has 1 N–H and O–H groups in total. The minimum Gasteiger partial charge on any atom is -0.466 e. The summed E-state index contributed by atoms with van der Waals surface area (Å²) in [5, 5.41) is 13.1. The van der Waals surface area contributed by atoms with Gasteiger partial charge in [0.1, 0.15) is 0 Å². The number of nitrogens with zero attached hydrogens (tertiary/aromatic N) is 3. The first kappa shape index (κ1) is 21.0. The van der Waals surface area contributed by atoms with Gasteiger partial charge in [-0.25, -0.2) is 9.59 Å². The van der Waals surface area contributed by atoms with Crippen molar-refractivity contribution in [1.82, 2.24) is 0 Å². The van der Waals surface area contributed by atoms with Crippen LogP contribution >= 0.6 is 0 Å². The Bertz CT molecular complexity index is 695. The third-order valence-corrected chi connectivity index (χ3v) is 5.51. The zero-order valence-corrected chi connectivity index (χ0v) is 16.2. The molecule has 0 aliphatic heterocycles. The van der Waals surface area contributed by atoms with Crippen LogP contribution in [0.1, 0.15) is 33.1 Å². The molecule has 0 aromatic carbocycles. The van der Waals surface area contributed by atoms with Crippen LogP contribution in [-0.2, 0) is 19.1 Å². The smallest absolute Gasteiger partial charge is 0.333 e. The molecule has 6 atom stereocenters. The summed E-state index contributed by atoms with van der Waals surface area (Å²) in [6, 6.07) is -0.687. The number of fused-ring (bicyclic) bond motifs is 1. The van der Waals surface area contributed by atoms with Crippen molar-refractivity contribution in [2.45, 2.75) is 45.3 Å².